The number of aromatic nitrogens is 1. The van der Waals surface area contributed by atoms with Gasteiger partial charge in [-0.25, -0.2) is 10.5 Å². The Hall–Kier alpha value is -1.30. The third-order valence-corrected chi connectivity index (χ3v) is 1.80. The molecule has 0 saturated heterocycles. The van der Waals surface area contributed by atoms with Gasteiger partial charge in [-0.05, 0) is 0 Å². The highest BCUT2D eigenvalue weighted by atomic mass is 32.1. The van der Waals surface area contributed by atoms with E-state index >= 15 is 0 Å². The zero-order valence-electron chi connectivity index (χ0n) is 5.52. The van der Waals surface area contributed by atoms with E-state index in [0.29, 0.717) is 17.1 Å². The maximum absolute atomic E-state index is 10.3. The van der Waals surface area contributed by atoms with E-state index in [2.05, 4.69) is 10.1 Å². The molecule has 11 heavy (non-hydrogen) atoms. The maximum Gasteiger partial charge on any atom is 0.180 e. The van der Waals surface area contributed by atoms with Crippen molar-refractivity contribution in [3.05, 3.63) is 11.1 Å². The molecule has 1 aromatic heterocycles. The second kappa shape index (κ2) is 3.20. The number of nitrogen functional groups attached to an aromatic ring is 1. The largest absolute Gasteiger partial charge is 0.375 e. The van der Waals surface area contributed by atoms with Crippen molar-refractivity contribution in [3.63, 3.8) is 0 Å². The van der Waals surface area contributed by atoms with Crippen LogP contribution in [0.3, 0.4) is 0 Å². The van der Waals surface area contributed by atoms with Crippen LogP contribution in [0.5, 0.6) is 0 Å². The number of hydrogen-bond acceptors (Lipinski definition) is 6. The van der Waals surface area contributed by atoms with Gasteiger partial charge in [-0.3, -0.25) is 0 Å². The van der Waals surface area contributed by atoms with Gasteiger partial charge in [0.25, 0.3) is 0 Å². The van der Waals surface area contributed by atoms with Crippen molar-refractivity contribution in [2.45, 2.75) is 6.04 Å². The lowest BCUT2D eigenvalue weighted by atomic mass is 10.3. The van der Waals surface area contributed by atoms with Gasteiger partial charge in [0.1, 0.15) is 0 Å². The van der Waals surface area contributed by atoms with E-state index in [9.17, 15) is 4.79 Å². The first kappa shape index (κ1) is 7.80. The van der Waals surface area contributed by atoms with Gasteiger partial charge < -0.3 is 10.5 Å². The summed E-state index contributed by atoms with van der Waals surface area (Å²) in [6.45, 7) is 0. The van der Waals surface area contributed by atoms with Gasteiger partial charge in [0.2, 0.25) is 0 Å². The minimum absolute atomic E-state index is 0.385. The summed E-state index contributed by atoms with van der Waals surface area (Å²) in [5.74, 6) is 0. The first-order chi connectivity index (χ1) is 5.27. The number of nitrogens with one attached hydrogen (secondary N) is 1. The molecule has 0 bridgehead atoms. The first-order valence-corrected chi connectivity index (χ1v) is 3.68. The molecular weight excluding hydrogens is 164 g/mol. The molecule has 0 aromatic carbocycles. The summed E-state index contributed by atoms with van der Waals surface area (Å²) in [5.41, 5.74) is 12.4. The molecule has 6 heteroatoms. The standard InChI is InChI=1S/C5H6N4OS/c6-5-8-4(2-11-5)3(1-10)9-7/h1-3,7H,(H2,6,8). The topological polar surface area (TPSA) is 92.2 Å². The number of thiazole rings is 1. The van der Waals surface area contributed by atoms with E-state index in [0.717, 1.165) is 0 Å². The summed E-state index contributed by atoms with van der Waals surface area (Å²) in [7, 11) is 0. The Labute approximate surface area is 66.8 Å². The number of rotatable bonds is 3. The minimum Gasteiger partial charge on any atom is -0.375 e. The predicted molar refractivity (Wildman–Crippen MR) is 40.5 cm³/mol. The first-order valence-electron chi connectivity index (χ1n) is 2.80. The minimum atomic E-state index is -0.788. The average molecular weight is 170 g/mol. The molecular formula is C5H6N4OS. The lowest BCUT2D eigenvalue weighted by molar-refractivity contribution is -0.109. The Balaban J connectivity index is 2.89. The monoisotopic (exact) mass is 170 g/mol. The Kier molecular flexibility index (Phi) is 2.27. The van der Waals surface area contributed by atoms with Gasteiger partial charge >= 0.3 is 0 Å². The predicted octanol–water partition coefficient (Wildman–Crippen LogP) is 0.996. The molecule has 0 radical (unpaired) electrons. The third kappa shape index (κ3) is 1.58. The summed E-state index contributed by atoms with van der Waals surface area (Å²) < 4.78 is 0. The third-order valence-electron chi connectivity index (χ3n) is 1.11. The van der Waals surface area contributed by atoms with Crippen LogP contribution in [0.15, 0.2) is 10.5 Å². The second-order valence-electron chi connectivity index (χ2n) is 1.82. The summed E-state index contributed by atoms with van der Waals surface area (Å²) in [4.78, 5) is 14.1. The highest BCUT2D eigenvalue weighted by Gasteiger charge is 2.11. The molecule has 0 saturated carbocycles. The van der Waals surface area contributed by atoms with Crippen molar-refractivity contribution in [1.29, 1.82) is 5.53 Å². The van der Waals surface area contributed by atoms with Crippen LogP contribution in [0.4, 0.5) is 5.13 Å². The van der Waals surface area contributed by atoms with Crippen LogP contribution in [-0.2, 0) is 4.79 Å². The second-order valence-corrected chi connectivity index (χ2v) is 2.71. The van der Waals surface area contributed by atoms with Crippen LogP contribution in [0, 0.1) is 5.53 Å². The van der Waals surface area contributed by atoms with Crippen LogP contribution >= 0.6 is 11.3 Å². The van der Waals surface area contributed by atoms with E-state index < -0.39 is 6.04 Å². The molecule has 5 nitrogen and oxygen atoms in total. The van der Waals surface area contributed by atoms with Gasteiger partial charge in [0.15, 0.2) is 17.5 Å². The van der Waals surface area contributed by atoms with Crippen molar-refractivity contribution < 1.29 is 4.79 Å². The Morgan fingerprint density at radius 3 is 3.00 bits per heavy atom. The van der Waals surface area contributed by atoms with Crippen molar-refractivity contribution in [2.24, 2.45) is 5.11 Å². The fourth-order valence-electron chi connectivity index (χ4n) is 0.603. The Morgan fingerprint density at radius 1 is 1.91 bits per heavy atom. The van der Waals surface area contributed by atoms with Gasteiger partial charge in [-0.2, -0.15) is 5.11 Å². The van der Waals surface area contributed by atoms with Gasteiger partial charge in [-0.15, -0.1) is 11.3 Å². The van der Waals surface area contributed by atoms with Crippen LogP contribution in [0.25, 0.3) is 0 Å². The molecule has 0 spiro atoms. The number of nitrogens with two attached hydrogens (primary N) is 1. The molecule has 0 amide bonds. The van der Waals surface area contributed by atoms with E-state index in [-0.39, 0.29) is 0 Å². The molecule has 1 heterocycles. The fraction of sp³-hybridized carbons (Fsp3) is 0.200. The number of aldehydes is 1. The SMILES string of the molecule is N=NC(C=O)c1csc(N)n1. The van der Waals surface area contributed by atoms with Crippen LogP contribution < -0.4 is 5.73 Å². The molecule has 0 aliphatic rings. The lowest BCUT2D eigenvalue weighted by Crippen LogP contribution is -1.96. The summed E-state index contributed by atoms with van der Waals surface area (Å²) in [6.07, 6.45) is 0.557. The molecule has 1 unspecified atom stereocenters. The molecule has 0 aliphatic heterocycles. The van der Waals surface area contributed by atoms with Crippen LogP contribution in [-0.4, -0.2) is 11.3 Å². The zero-order chi connectivity index (χ0) is 8.27. The summed E-state index contributed by atoms with van der Waals surface area (Å²) in [6, 6.07) is -0.788. The number of hydrogen-bond donors (Lipinski definition) is 2. The van der Waals surface area contributed by atoms with Crippen molar-refractivity contribution in [2.75, 3.05) is 5.73 Å². The Bertz CT molecular complexity index is 263. The van der Waals surface area contributed by atoms with E-state index in [1.807, 2.05) is 0 Å². The highest BCUT2D eigenvalue weighted by Crippen LogP contribution is 2.18. The average Bonchev–Trinajstić information content (AvgIpc) is 2.39. The van der Waals surface area contributed by atoms with E-state index in [1.54, 1.807) is 5.38 Å². The molecule has 1 atom stereocenters. The van der Waals surface area contributed by atoms with Gasteiger partial charge in [0, 0.05) is 5.38 Å². The van der Waals surface area contributed by atoms with Gasteiger partial charge in [-0.1, -0.05) is 0 Å². The molecule has 0 fully saturated rings. The summed E-state index contributed by atoms with van der Waals surface area (Å²) >= 11 is 1.23. The maximum atomic E-state index is 10.3. The van der Waals surface area contributed by atoms with Crippen LogP contribution in [0.1, 0.15) is 11.7 Å². The number of anilines is 1. The molecule has 58 valence electrons. The fourth-order valence-corrected chi connectivity index (χ4v) is 1.19. The van der Waals surface area contributed by atoms with Gasteiger partial charge in [0.05, 0.1) is 5.69 Å². The van der Waals surface area contributed by atoms with Crippen molar-refractivity contribution in [3.8, 4) is 0 Å². The van der Waals surface area contributed by atoms with Crippen LogP contribution in [0.2, 0.25) is 0 Å². The highest BCUT2D eigenvalue weighted by molar-refractivity contribution is 7.13. The quantitative estimate of drug-likeness (QED) is 0.523. The lowest BCUT2D eigenvalue weighted by Gasteiger charge is -1.94. The van der Waals surface area contributed by atoms with Crippen molar-refractivity contribution in [1.82, 2.24) is 4.98 Å². The summed E-state index contributed by atoms with van der Waals surface area (Å²) in [5, 5.41) is 5.06. The number of carbonyl (C=O) groups excluding carboxylic acids is 1. The Morgan fingerprint density at radius 2 is 2.64 bits per heavy atom. The zero-order valence-corrected chi connectivity index (χ0v) is 6.34. The van der Waals surface area contributed by atoms with E-state index in [4.69, 9.17) is 11.3 Å². The van der Waals surface area contributed by atoms with Crippen molar-refractivity contribution >= 4 is 22.8 Å². The molecule has 1 aromatic rings. The molecule has 0 aliphatic carbocycles. The smallest absolute Gasteiger partial charge is 0.180 e. The molecule has 1 rings (SSSR count). The number of nitrogens with zero attached hydrogens (tertiary/aromatic N) is 2. The number of carbonyl (C=O) groups is 1. The molecule has 3 N–H and O–H groups in total. The van der Waals surface area contributed by atoms with E-state index in [1.165, 1.54) is 11.3 Å². The normalized spacial score (nSPS) is 12.4.